The van der Waals surface area contributed by atoms with Crippen LogP contribution in [0.2, 0.25) is 0 Å². The largest absolute Gasteiger partial charge is 0.364 e. The van der Waals surface area contributed by atoms with E-state index in [9.17, 15) is 10.1 Å². The average molecular weight is 292 g/mol. The molecule has 114 valence electrons. The van der Waals surface area contributed by atoms with Crippen molar-refractivity contribution in [1.29, 1.82) is 0 Å². The van der Waals surface area contributed by atoms with Gasteiger partial charge in [0.1, 0.15) is 6.33 Å². The molecular weight excluding hydrogens is 272 g/mol. The summed E-state index contributed by atoms with van der Waals surface area (Å²) >= 11 is 0. The second kappa shape index (κ2) is 5.80. The van der Waals surface area contributed by atoms with Crippen LogP contribution in [0, 0.1) is 16.0 Å². The summed E-state index contributed by atoms with van der Waals surface area (Å²) in [5, 5.41) is 17.6. The van der Waals surface area contributed by atoms with Crippen molar-refractivity contribution in [2.75, 3.05) is 36.8 Å². The van der Waals surface area contributed by atoms with Crippen LogP contribution in [0.15, 0.2) is 6.33 Å². The minimum Gasteiger partial charge on any atom is -0.364 e. The summed E-state index contributed by atoms with van der Waals surface area (Å²) in [7, 11) is 0. The lowest BCUT2D eigenvalue weighted by Crippen LogP contribution is -2.53. The van der Waals surface area contributed by atoms with E-state index in [0.717, 1.165) is 32.5 Å². The third kappa shape index (κ3) is 2.76. The summed E-state index contributed by atoms with van der Waals surface area (Å²) in [6.45, 7) is 5.67. The van der Waals surface area contributed by atoms with Crippen LogP contribution in [0.25, 0.3) is 0 Å². The summed E-state index contributed by atoms with van der Waals surface area (Å²) in [6, 6.07) is 0.232. The van der Waals surface area contributed by atoms with Crippen LogP contribution >= 0.6 is 0 Å². The number of piperidine rings is 3. The van der Waals surface area contributed by atoms with E-state index >= 15 is 0 Å². The number of nitrogens with one attached hydrogen (secondary N) is 2. The molecule has 0 aromatic carbocycles. The monoisotopic (exact) mass is 292 g/mol. The Labute approximate surface area is 123 Å². The van der Waals surface area contributed by atoms with E-state index < -0.39 is 4.92 Å². The highest BCUT2D eigenvalue weighted by Gasteiger charge is 2.35. The van der Waals surface area contributed by atoms with Crippen LogP contribution in [0.4, 0.5) is 17.3 Å². The molecule has 0 amide bonds. The number of hydrogen-bond acceptors (Lipinski definition) is 7. The lowest BCUT2D eigenvalue weighted by Gasteiger charge is -2.45. The van der Waals surface area contributed by atoms with Gasteiger partial charge in [-0.2, -0.15) is 0 Å². The minimum absolute atomic E-state index is 0.0594. The molecule has 3 fully saturated rings. The molecule has 1 aromatic rings. The summed E-state index contributed by atoms with van der Waals surface area (Å²) < 4.78 is 0. The van der Waals surface area contributed by atoms with Crippen LogP contribution < -0.4 is 10.6 Å². The molecule has 0 spiro atoms. The zero-order chi connectivity index (χ0) is 14.8. The van der Waals surface area contributed by atoms with Gasteiger partial charge in [-0.1, -0.05) is 0 Å². The number of aromatic nitrogens is 2. The highest BCUT2D eigenvalue weighted by Crippen LogP contribution is 2.33. The van der Waals surface area contributed by atoms with E-state index in [1.807, 2.05) is 6.92 Å². The van der Waals surface area contributed by atoms with Crippen LogP contribution in [-0.4, -0.2) is 52.0 Å². The Morgan fingerprint density at radius 2 is 2.10 bits per heavy atom. The van der Waals surface area contributed by atoms with Crippen molar-refractivity contribution in [3.05, 3.63) is 16.4 Å². The number of rotatable bonds is 5. The molecular formula is C13H20N6O2. The normalized spacial score (nSPS) is 27.4. The molecule has 3 saturated heterocycles. The van der Waals surface area contributed by atoms with Gasteiger partial charge in [-0.15, -0.1) is 0 Å². The minimum atomic E-state index is -0.415. The van der Waals surface area contributed by atoms with Gasteiger partial charge in [-0.05, 0) is 38.8 Å². The average Bonchev–Trinajstić information content (AvgIpc) is 2.48. The van der Waals surface area contributed by atoms with Crippen molar-refractivity contribution >= 4 is 17.3 Å². The molecule has 8 nitrogen and oxygen atoms in total. The van der Waals surface area contributed by atoms with Crippen LogP contribution in [-0.2, 0) is 0 Å². The predicted octanol–water partition coefficient (Wildman–Crippen LogP) is 1.32. The zero-order valence-corrected chi connectivity index (χ0v) is 12.1. The number of nitro groups is 1. The Balaban J connectivity index is 1.84. The van der Waals surface area contributed by atoms with Crippen molar-refractivity contribution in [2.45, 2.75) is 25.8 Å². The zero-order valence-electron chi connectivity index (χ0n) is 12.1. The quantitative estimate of drug-likeness (QED) is 0.624. The van der Waals surface area contributed by atoms with Gasteiger partial charge in [-0.25, -0.2) is 9.97 Å². The molecule has 1 atom stereocenters. The van der Waals surface area contributed by atoms with E-state index in [-0.39, 0.29) is 17.5 Å². The van der Waals surface area contributed by atoms with Gasteiger partial charge in [-0.3, -0.25) is 10.1 Å². The Bertz CT molecular complexity index is 529. The highest BCUT2D eigenvalue weighted by molar-refractivity contribution is 5.69. The van der Waals surface area contributed by atoms with E-state index in [1.54, 1.807) is 0 Å². The van der Waals surface area contributed by atoms with Gasteiger partial charge in [0.15, 0.2) is 0 Å². The number of hydrogen-bond donors (Lipinski definition) is 2. The summed E-state index contributed by atoms with van der Waals surface area (Å²) in [5.74, 6) is 1.18. The fourth-order valence-corrected chi connectivity index (χ4v) is 3.26. The first-order valence-corrected chi connectivity index (χ1v) is 7.41. The van der Waals surface area contributed by atoms with Crippen LogP contribution in [0.3, 0.4) is 0 Å². The van der Waals surface area contributed by atoms with Crippen LogP contribution in [0.1, 0.15) is 19.8 Å². The fraction of sp³-hybridized carbons (Fsp3) is 0.692. The van der Waals surface area contributed by atoms with Gasteiger partial charge in [0.05, 0.1) is 4.92 Å². The van der Waals surface area contributed by atoms with E-state index in [0.29, 0.717) is 18.3 Å². The maximum atomic E-state index is 11.4. The smallest absolute Gasteiger partial charge is 0.353 e. The summed E-state index contributed by atoms with van der Waals surface area (Å²) in [6.07, 6.45) is 3.67. The summed E-state index contributed by atoms with van der Waals surface area (Å²) in [4.78, 5) is 21.4. The first kappa shape index (κ1) is 14.0. The molecule has 4 heterocycles. The van der Waals surface area contributed by atoms with Gasteiger partial charge in [0.2, 0.25) is 11.6 Å². The molecule has 0 aliphatic carbocycles. The Kier molecular flexibility index (Phi) is 3.87. The molecule has 1 aromatic heterocycles. The molecule has 2 N–H and O–H groups in total. The fourth-order valence-electron chi connectivity index (χ4n) is 3.26. The van der Waals surface area contributed by atoms with Gasteiger partial charge in [0.25, 0.3) is 0 Å². The standard InChI is InChI=1S/C13H20N6O2/c1-2-14-12-11(19(20)21)13(16-8-15-12)17-10-7-18-5-3-9(10)4-6-18/h8-10H,2-7H2,1H3,(H2,14,15,16,17). The van der Waals surface area contributed by atoms with Crippen molar-refractivity contribution in [2.24, 2.45) is 5.92 Å². The molecule has 21 heavy (non-hydrogen) atoms. The molecule has 4 rings (SSSR count). The first-order chi connectivity index (χ1) is 10.2. The lowest BCUT2D eigenvalue weighted by atomic mass is 9.84. The first-order valence-electron chi connectivity index (χ1n) is 7.41. The predicted molar refractivity (Wildman–Crippen MR) is 79.4 cm³/mol. The number of anilines is 2. The molecule has 0 radical (unpaired) electrons. The van der Waals surface area contributed by atoms with Gasteiger partial charge < -0.3 is 15.5 Å². The third-order valence-corrected chi connectivity index (χ3v) is 4.33. The molecule has 8 heteroatoms. The highest BCUT2D eigenvalue weighted by atomic mass is 16.6. The number of nitrogens with zero attached hydrogens (tertiary/aromatic N) is 4. The van der Waals surface area contributed by atoms with Crippen molar-refractivity contribution < 1.29 is 4.92 Å². The Hall–Kier alpha value is -1.96. The molecule has 2 bridgehead atoms. The second-order valence-electron chi connectivity index (χ2n) is 5.60. The topological polar surface area (TPSA) is 96.2 Å². The maximum absolute atomic E-state index is 11.4. The van der Waals surface area contributed by atoms with E-state index in [2.05, 4.69) is 25.5 Å². The van der Waals surface area contributed by atoms with Crippen molar-refractivity contribution in [1.82, 2.24) is 14.9 Å². The SMILES string of the molecule is CCNc1ncnc(NC2CN3CCC2CC3)c1[N+](=O)[O-]. The second-order valence-corrected chi connectivity index (χ2v) is 5.60. The summed E-state index contributed by atoms with van der Waals surface area (Å²) in [5.41, 5.74) is -0.0594. The van der Waals surface area contributed by atoms with Crippen molar-refractivity contribution in [3.8, 4) is 0 Å². The molecule has 1 unspecified atom stereocenters. The van der Waals surface area contributed by atoms with Crippen molar-refractivity contribution in [3.63, 3.8) is 0 Å². The Morgan fingerprint density at radius 3 is 2.67 bits per heavy atom. The van der Waals surface area contributed by atoms with E-state index in [1.165, 1.54) is 6.33 Å². The molecule has 3 aliphatic rings. The van der Waals surface area contributed by atoms with E-state index in [4.69, 9.17) is 0 Å². The maximum Gasteiger partial charge on any atom is 0.353 e. The van der Waals surface area contributed by atoms with Crippen LogP contribution in [0.5, 0.6) is 0 Å². The Morgan fingerprint density at radius 1 is 1.38 bits per heavy atom. The van der Waals surface area contributed by atoms with Gasteiger partial charge in [0, 0.05) is 19.1 Å². The molecule has 3 aliphatic heterocycles. The lowest BCUT2D eigenvalue weighted by molar-refractivity contribution is -0.383. The number of fused-ring (bicyclic) bond motifs is 3. The molecule has 0 saturated carbocycles. The third-order valence-electron chi connectivity index (χ3n) is 4.33. The van der Waals surface area contributed by atoms with Gasteiger partial charge >= 0.3 is 5.69 Å².